The van der Waals surface area contributed by atoms with Crippen LogP contribution in [-0.2, 0) is 10.8 Å². The van der Waals surface area contributed by atoms with Gasteiger partial charge in [0.2, 0.25) is 0 Å². The fourth-order valence-corrected chi connectivity index (χ4v) is 2.68. The molecule has 0 spiro atoms. The largest absolute Gasteiger partial charge is 0.416 e. The van der Waals surface area contributed by atoms with Crippen LogP contribution in [0, 0.1) is 0 Å². The molecule has 0 radical (unpaired) electrons. The Hall–Kier alpha value is -0.803. The molecule has 1 atom stereocenters. The Morgan fingerprint density at radius 3 is 2.81 bits per heavy atom. The van der Waals surface area contributed by atoms with Gasteiger partial charge in [0, 0.05) is 11.7 Å². The monoisotopic (exact) mass is 235 g/mol. The van der Waals surface area contributed by atoms with E-state index in [-0.39, 0.29) is 0 Å². The second kappa shape index (κ2) is 4.59. The lowest BCUT2D eigenvalue weighted by atomic mass is 9.99. The lowest BCUT2D eigenvalue weighted by molar-refractivity contribution is 0.283. The summed E-state index contributed by atoms with van der Waals surface area (Å²) in [7, 11) is -1.37. The molecule has 2 nitrogen and oxygen atoms in total. The van der Waals surface area contributed by atoms with Crippen molar-refractivity contribution in [2.45, 2.75) is 38.5 Å². The number of nitrogens with one attached hydrogen (secondary N) is 1. The Labute approximate surface area is 99.1 Å². The summed E-state index contributed by atoms with van der Waals surface area (Å²) in [6.07, 6.45) is 2.35. The van der Waals surface area contributed by atoms with E-state index in [1.807, 2.05) is 0 Å². The third kappa shape index (κ3) is 3.09. The number of anilines is 1. The van der Waals surface area contributed by atoms with Crippen molar-refractivity contribution in [2.24, 2.45) is 0 Å². The SMILES string of the molecule is C[Si](C)(C)OCC1CCc2ccccc2N1. The van der Waals surface area contributed by atoms with Gasteiger partial charge in [0.05, 0.1) is 6.61 Å². The van der Waals surface area contributed by atoms with Crippen LogP contribution in [0.2, 0.25) is 19.6 Å². The number of rotatable bonds is 3. The Bertz CT molecular complexity index is 359. The van der Waals surface area contributed by atoms with E-state index < -0.39 is 8.32 Å². The second-order valence-corrected chi connectivity index (χ2v) is 9.97. The number of aryl methyl sites for hydroxylation is 1. The third-order valence-corrected chi connectivity index (χ3v) is 3.89. The van der Waals surface area contributed by atoms with Gasteiger partial charge in [0.15, 0.2) is 8.32 Å². The van der Waals surface area contributed by atoms with E-state index in [1.54, 1.807) is 0 Å². The number of hydrogen-bond acceptors (Lipinski definition) is 2. The van der Waals surface area contributed by atoms with Crippen LogP contribution < -0.4 is 5.32 Å². The summed E-state index contributed by atoms with van der Waals surface area (Å²) in [6.45, 7) is 7.57. The Balaban J connectivity index is 1.93. The van der Waals surface area contributed by atoms with E-state index in [0.29, 0.717) is 6.04 Å². The van der Waals surface area contributed by atoms with Gasteiger partial charge in [-0.1, -0.05) is 18.2 Å². The van der Waals surface area contributed by atoms with Crippen molar-refractivity contribution in [1.82, 2.24) is 0 Å². The highest BCUT2D eigenvalue weighted by atomic mass is 28.4. The predicted octanol–water partition coefficient (Wildman–Crippen LogP) is 3.26. The first kappa shape index (κ1) is 11.7. The fraction of sp³-hybridized carbons (Fsp3) is 0.538. The molecule has 0 aromatic heterocycles. The number of fused-ring (bicyclic) bond motifs is 1. The summed E-state index contributed by atoms with van der Waals surface area (Å²) in [5.41, 5.74) is 2.73. The molecule has 1 heterocycles. The first-order chi connectivity index (χ1) is 7.54. The van der Waals surface area contributed by atoms with Gasteiger partial charge in [0.25, 0.3) is 0 Å². The smallest absolute Gasteiger partial charge is 0.183 e. The Kier molecular flexibility index (Phi) is 3.35. The number of para-hydroxylation sites is 1. The van der Waals surface area contributed by atoms with Gasteiger partial charge in [-0.25, -0.2) is 0 Å². The molecule has 1 aliphatic rings. The highest BCUT2D eigenvalue weighted by molar-refractivity contribution is 6.69. The molecule has 0 saturated heterocycles. The minimum atomic E-state index is -1.37. The zero-order valence-electron chi connectivity index (χ0n) is 10.4. The molecule has 0 aliphatic carbocycles. The third-order valence-electron chi connectivity index (χ3n) is 2.86. The Morgan fingerprint density at radius 1 is 1.31 bits per heavy atom. The molecular formula is C13H21NOSi. The molecule has 88 valence electrons. The molecule has 3 heteroatoms. The second-order valence-electron chi connectivity index (χ2n) is 5.46. The predicted molar refractivity (Wildman–Crippen MR) is 71.5 cm³/mol. The lowest BCUT2D eigenvalue weighted by Gasteiger charge is -2.29. The molecular weight excluding hydrogens is 214 g/mol. The van der Waals surface area contributed by atoms with Crippen LogP contribution in [0.4, 0.5) is 5.69 Å². The fourth-order valence-electron chi connectivity index (χ4n) is 1.98. The van der Waals surface area contributed by atoms with Crippen molar-refractivity contribution in [3.8, 4) is 0 Å². The molecule has 1 aromatic carbocycles. The Morgan fingerprint density at radius 2 is 2.06 bits per heavy atom. The van der Waals surface area contributed by atoms with Crippen LogP contribution in [0.1, 0.15) is 12.0 Å². The first-order valence-corrected chi connectivity index (χ1v) is 9.44. The van der Waals surface area contributed by atoms with E-state index in [9.17, 15) is 0 Å². The average molecular weight is 235 g/mol. The molecule has 16 heavy (non-hydrogen) atoms. The van der Waals surface area contributed by atoms with Gasteiger partial charge >= 0.3 is 0 Å². The van der Waals surface area contributed by atoms with Gasteiger partial charge in [-0.3, -0.25) is 0 Å². The lowest BCUT2D eigenvalue weighted by Crippen LogP contribution is -2.36. The van der Waals surface area contributed by atoms with Crippen LogP contribution in [0.3, 0.4) is 0 Å². The zero-order chi connectivity index (χ0) is 11.6. The van der Waals surface area contributed by atoms with Crippen LogP contribution in [0.25, 0.3) is 0 Å². The highest BCUT2D eigenvalue weighted by Gasteiger charge is 2.21. The molecule has 1 aromatic rings. The van der Waals surface area contributed by atoms with Crippen molar-refractivity contribution in [2.75, 3.05) is 11.9 Å². The van der Waals surface area contributed by atoms with E-state index in [2.05, 4.69) is 49.2 Å². The van der Waals surface area contributed by atoms with Crippen molar-refractivity contribution in [3.05, 3.63) is 29.8 Å². The summed E-state index contributed by atoms with van der Waals surface area (Å²) in [6, 6.07) is 9.06. The normalized spacial score (nSPS) is 20.1. The number of benzene rings is 1. The van der Waals surface area contributed by atoms with Crippen LogP contribution in [-0.4, -0.2) is 21.0 Å². The van der Waals surface area contributed by atoms with Gasteiger partial charge in [-0.15, -0.1) is 0 Å². The molecule has 0 fully saturated rings. The minimum Gasteiger partial charge on any atom is -0.416 e. The van der Waals surface area contributed by atoms with E-state index in [1.165, 1.54) is 24.1 Å². The summed E-state index contributed by atoms with van der Waals surface area (Å²) in [5.74, 6) is 0. The molecule has 0 bridgehead atoms. The molecule has 0 saturated carbocycles. The van der Waals surface area contributed by atoms with Gasteiger partial charge in [-0.2, -0.15) is 0 Å². The number of hydrogen-bond donors (Lipinski definition) is 1. The summed E-state index contributed by atoms with van der Waals surface area (Å²) in [4.78, 5) is 0. The average Bonchev–Trinajstić information content (AvgIpc) is 2.25. The van der Waals surface area contributed by atoms with E-state index in [4.69, 9.17) is 4.43 Å². The van der Waals surface area contributed by atoms with Crippen LogP contribution in [0.15, 0.2) is 24.3 Å². The van der Waals surface area contributed by atoms with Crippen molar-refractivity contribution >= 4 is 14.0 Å². The molecule has 1 aliphatic heterocycles. The highest BCUT2D eigenvalue weighted by Crippen LogP contribution is 2.24. The van der Waals surface area contributed by atoms with Gasteiger partial charge in [0.1, 0.15) is 0 Å². The molecule has 2 rings (SSSR count). The summed E-state index contributed by atoms with van der Waals surface area (Å²) >= 11 is 0. The first-order valence-electron chi connectivity index (χ1n) is 6.03. The molecule has 0 amide bonds. The van der Waals surface area contributed by atoms with Gasteiger partial charge in [-0.05, 0) is 44.1 Å². The zero-order valence-corrected chi connectivity index (χ0v) is 11.4. The maximum Gasteiger partial charge on any atom is 0.183 e. The molecule has 1 unspecified atom stereocenters. The minimum absolute atomic E-state index is 0.488. The quantitative estimate of drug-likeness (QED) is 0.812. The van der Waals surface area contributed by atoms with Crippen molar-refractivity contribution < 1.29 is 4.43 Å². The maximum atomic E-state index is 5.96. The van der Waals surface area contributed by atoms with E-state index in [0.717, 1.165) is 6.61 Å². The molecule has 1 N–H and O–H groups in total. The van der Waals surface area contributed by atoms with Crippen molar-refractivity contribution in [1.29, 1.82) is 0 Å². The van der Waals surface area contributed by atoms with Crippen molar-refractivity contribution in [3.63, 3.8) is 0 Å². The van der Waals surface area contributed by atoms with Gasteiger partial charge < -0.3 is 9.74 Å². The maximum absolute atomic E-state index is 5.96. The summed E-state index contributed by atoms with van der Waals surface area (Å²) in [5, 5.41) is 3.57. The standard InChI is InChI=1S/C13H21NOSi/c1-16(2,3)15-10-12-9-8-11-6-4-5-7-13(11)14-12/h4-7,12,14H,8-10H2,1-3H3. The van der Waals surface area contributed by atoms with E-state index >= 15 is 0 Å². The van der Waals surface area contributed by atoms with Crippen LogP contribution in [0.5, 0.6) is 0 Å². The van der Waals surface area contributed by atoms with Crippen LogP contribution >= 0.6 is 0 Å². The summed E-state index contributed by atoms with van der Waals surface area (Å²) < 4.78 is 5.96. The topological polar surface area (TPSA) is 21.3 Å².